The topological polar surface area (TPSA) is 116 Å². The number of hydrogen-bond acceptors (Lipinski definition) is 7. The van der Waals surface area contributed by atoms with E-state index >= 15 is 0 Å². The minimum absolute atomic E-state index is 0.367. The molecule has 10 nitrogen and oxygen atoms in total. The number of rotatable bonds is 9. The fraction of sp³-hybridized carbons (Fsp3) is 0.464. The molecule has 204 valence electrons. The molecule has 0 bridgehead atoms. The smallest absolute Gasteiger partial charge is 0.408 e. The number of carbonyl (C=O) groups is 3. The molecular weight excluding hydrogens is 484 g/mol. The molecule has 2 N–H and O–H groups in total. The lowest BCUT2D eigenvalue weighted by atomic mass is 10.0. The molecule has 3 amide bonds. The van der Waals surface area contributed by atoms with Crippen molar-refractivity contribution in [2.45, 2.75) is 59.4 Å². The zero-order chi connectivity index (χ0) is 27.9. The van der Waals surface area contributed by atoms with Gasteiger partial charge in [0.15, 0.2) is 0 Å². The standard InChI is InChI=1S/C28H38N6O4/c1-7-33(8-2)17-18-34-22-15-10-9-13-20(22)23(21-14-11-12-16-29-21)31-24(26(34)36)32-25(35)19(3)30-27(37)38-28(4,5)6/h9-16,19,24H,7-8,17-18H2,1-6H3,(H,30,37)(H,32,35)/t19-,24?/m0/s1. The fourth-order valence-electron chi connectivity index (χ4n) is 4.05. The van der Waals surface area contributed by atoms with Gasteiger partial charge in [0.1, 0.15) is 11.6 Å². The highest BCUT2D eigenvalue weighted by molar-refractivity contribution is 6.19. The molecule has 10 heteroatoms. The monoisotopic (exact) mass is 522 g/mol. The SMILES string of the molecule is CCN(CC)CCN1C(=O)C(NC(=O)[C@H](C)NC(=O)OC(C)(C)C)N=C(c2ccccn2)c2ccccc21. The summed E-state index contributed by atoms with van der Waals surface area (Å²) in [5.74, 6) is -0.929. The molecule has 1 aliphatic rings. The van der Waals surface area contributed by atoms with Crippen LogP contribution in [0.2, 0.25) is 0 Å². The number of aromatic nitrogens is 1. The van der Waals surface area contributed by atoms with E-state index in [9.17, 15) is 14.4 Å². The molecule has 0 saturated heterocycles. The number of carbonyl (C=O) groups excluding carboxylic acids is 3. The van der Waals surface area contributed by atoms with Gasteiger partial charge >= 0.3 is 6.09 Å². The van der Waals surface area contributed by atoms with Crippen LogP contribution in [0.3, 0.4) is 0 Å². The summed E-state index contributed by atoms with van der Waals surface area (Å²) in [5.41, 5.74) is 1.81. The van der Waals surface area contributed by atoms with Crippen molar-refractivity contribution in [1.82, 2.24) is 20.5 Å². The molecule has 2 atom stereocenters. The van der Waals surface area contributed by atoms with Crippen molar-refractivity contribution in [2.24, 2.45) is 4.99 Å². The van der Waals surface area contributed by atoms with E-state index in [0.717, 1.165) is 18.7 Å². The maximum absolute atomic E-state index is 13.9. The van der Waals surface area contributed by atoms with Crippen LogP contribution in [0.25, 0.3) is 0 Å². The summed E-state index contributed by atoms with van der Waals surface area (Å²) in [5, 5.41) is 5.24. The van der Waals surface area contributed by atoms with Crippen molar-refractivity contribution in [1.29, 1.82) is 0 Å². The Bertz CT molecular complexity index is 1160. The molecule has 3 rings (SSSR count). The summed E-state index contributed by atoms with van der Waals surface area (Å²) < 4.78 is 5.25. The van der Waals surface area contributed by atoms with E-state index in [2.05, 4.69) is 34.4 Å². The van der Waals surface area contributed by atoms with E-state index in [0.29, 0.717) is 30.2 Å². The van der Waals surface area contributed by atoms with Crippen LogP contribution < -0.4 is 15.5 Å². The van der Waals surface area contributed by atoms with Crippen LogP contribution in [0.1, 0.15) is 52.8 Å². The lowest BCUT2D eigenvalue weighted by molar-refractivity contribution is -0.128. The number of fused-ring (bicyclic) bond motifs is 1. The molecule has 1 aromatic carbocycles. The molecule has 0 radical (unpaired) electrons. The molecule has 1 aromatic heterocycles. The quantitative estimate of drug-likeness (QED) is 0.523. The number of likely N-dealkylation sites (N-methyl/N-ethyl adjacent to an activating group) is 1. The predicted octanol–water partition coefficient (Wildman–Crippen LogP) is 2.96. The summed E-state index contributed by atoms with van der Waals surface area (Å²) in [6, 6.07) is 12.0. The lowest BCUT2D eigenvalue weighted by Gasteiger charge is -2.28. The Morgan fingerprint density at radius 2 is 1.79 bits per heavy atom. The highest BCUT2D eigenvalue weighted by Crippen LogP contribution is 2.27. The van der Waals surface area contributed by atoms with E-state index in [-0.39, 0.29) is 5.91 Å². The van der Waals surface area contributed by atoms with Gasteiger partial charge in [-0.1, -0.05) is 38.1 Å². The molecule has 38 heavy (non-hydrogen) atoms. The highest BCUT2D eigenvalue weighted by Gasteiger charge is 2.34. The fourth-order valence-corrected chi connectivity index (χ4v) is 4.05. The van der Waals surface area contributed by atoms with Crippen LogP contribution in [-0.2, 0) is 14.3 Å². The first-order chi connectivity index (χ1) is 18.0. The third-order valence-corrected chi connectivity index (χ3v) is 6.06. The number of aliphatic imine (C=N–C) groups is 1. The Labute approximate surface area is 224 Å². The number of para-hydroxylation sites is 1. The first-order valence-corrected chi connectivity index (χ1v) is 13.0. The van der Waals surface area contributed by atoms with Gasteiger partial charge in [0, 0.05) is 24.8 Å². The molecular formula is C28H38N6O4. The van der Waals surface area contributed by atoms with Gasteiger partial charge in [-0.2, -0.15) is 0 Å². The number of pyridine rings is 1. The van der Waals surface area contributed by atoms with E-state index in [4.69, 9.17) is 9.73 Å². The van der Waals surface area contributed by atoms with Crippen LogP contribution in [0.15, 0.2) is 53.7 Å². The number of anilines is 1. The van der Waals surface area contributed by atoms with Gasteiger partial charge in [-0.25, -0.2) is 9.79 Å². The van der Waals surface area contributed by atoms with Crippen LogP contribution in [0, 0.1) is 0 Å². The molecule has 0 spiro atoms. The Kier molecular flexibility index (Phi) is 9.57. The van der Waals surface area contributed by atoms with Crippen molar-refractivity contribution < 1.29 is 19.1 Å². The number of alkyl carbamates (subject to hydrolysis) is 1. The first-order valence-electron chi connectivity index (χ1n) is 13.0. The molecule has 0 fully saturated rings. The normalized spacial score (nSPS) is 16.3. The number of nitrogens with one attached hydrogen (secondary N) is 2. The molecule has 0 saturated carbocycles. The average molecular weight is 523 g/mol. The minimum atomic E-state index is -1.22. The highest BCUT2D eigenvalue weighted by atomic mass is 16.6. The third-order valence-electron chi connectivity index (χ3n) is 6.06. The Balaban J connectivity index is 1.96. The maximum atomic E-state index is 13.9. The predicted molar refractivity (Wildman–Crippen MR) is 147 cm³/mol. The van der Waals surface area contributed by atoms with Crippen molar-refractivity contribution in [3.8, 4) is 0 Å². The van der Waals surface area contributed by atoms with E-state index < -0.39 is 29.8 Å². The minimum Gasteiger partial charge on any atom is -0.444 e. The lowest BCUT2D eigenvalue weighted by Crippen LogP contribution is -2.54. The zero-order valence-corrected chi connectivity index (χ0v) is 23.0. The maximum Gasteiger partial charge on any atom is 0.408 e. The first kappa shape index (κ1) is 28.8. The second-order valence-electron chi connectivity index (χ2n) is 10.0. The van der Waals surface area contributed by atoms with Gasteiger partial charge in [0.25, 0.3) is 5.91 Å². The Morgan fingerprint density at radius 1 is 1.11 bits per heavy atom. The van der Waals surface area contributed by atoms with Gasteiger partial charge in [0.2, 0.25) is 12.1 Å². The van der Waals surface area contributed by atoms with Gasteiger partial charge < -0.3 is 25.2 Å². The van der Waals surface area contributed by atoms with Crippen molar-refractivity contribution >= 4 is 29.3 Å². The average Bonchev–Trinajstić information content (AvgIpc) is 2.99. The summed E-state index contributed by atoms with van der Waals surface area (Å²) in [7, 11) is 0. The number of benzene rings is 1. The Hall–Kier alpha value is -3.79. The number of amides is 3. The number of ether oxygens (including phenoxy) is 1. The second kappa shape index (κ2) is 12.6. The zero-order valence-electron chi connectivity index (χ0n) is 23.0. The van der Waals surface area contributed by atoms with E-state index in [1.165, 1.54) is 6.92 Å². The molecule has 1 unspecified atom stereocenters. The molecule has 0 aliphatic carbocycles. The summed E-state index contributed by atoms with van der Waals surface area (Å²) in [6.07, 6.45) is -0.282. The Morgan fingerprint density at radius 3 is 2.42 bits per heavy atom. The van der Waals surface area contributed by atoms with Crippen LogP contribution in [-0.4, -0.2) is 77.5 Å². The van der Waals surface area contributed by atoms with Crippen LogP contribution >= 0.6 is 0 Å². The van der Waals surface area contributed by atoms with Gasteiger partial charge in [-0.15, -0.1) is 0 Å². The second-order valence-corrected chi connectivity index (χ2v) is 10.0. The van der Waals surface area contributed by atoms with Crippen molar-refractivity contribution in [2.75, 3.05) is 31.1 Å². The van der Waals surface area contributed by atoms with Gasteiger partial charge in [0.05, 0.1) is 17.1 Å². The summed E-state index contributed by atoms with van der Waals surface area (Å²) in [4.78, 5) is 52.3. The van der Waals surface area contributed by atoms with E-state index in [1.807, 2.05) is 36.4 Å². The summed E-state index contributed by atoms with van der Waals surface area (Å²) >= 11 is 0. The number of nitrogens with zero attached hydrogens (tertiary/aromatic N) is 4. The summed E-state index contributed by atoms with van der Waals surface area (Å²) in [6.45, 7) is 13.7. The van der Waals surface area contributed by atoms with Gasteiger partial charge in [-0.3, -0.25) is 14.6 Å². The number of benzodiazepines with no additional fused rings is 1. The molecule has 2 aromatic rings. The third kappa shape index (κ3) is 7.38. The van der Waals surface area contributed by atoms with Crippen LogP contribution in [0.5, 0.6) is 0 Å². The van der Waals surface area contributed by atoms with Crippen molar-refractivity contribution in [3.63, 3.8) is 0 Å². The van der Waals surface area contributed by atoms with E-state index in [1.54, 1.807) is 37.9 Å². The number of hydrogen-bond donors (Lipinski definition) is 2. The van der Waals surface area contributed by atoms with Gasteiger partial charge in [-0.05, 0) is 59.0 Å². The van der Waals surface area contributed by atoms with Crippen LogP contribution in [0.4, 0.5) is 10.5 Å². The molecule has 2 heterocycles. The van der Waals surface area contributed by atoms with Crippen molar-refractivity contribution in [3.05, 3.63) is 59.9 Å². The largest absolute Gasteiger partial charge is 0.444 e. The molecule has 1 aliphatic heterocycles.